The zero-order valence-electron chi connectivity index (χ0n) is 14.7. The van der Waals surface area contributed by atoms with Crippen LogP contribution < -0.4 is 0 Å². The molecule has 0 saturated heterocycles. The number of rotatable bonds is 13. The molecule has 0 aliphatic heterocycles. The molecular formula is C22H30O2. The van der Waals surface area contributed by atoms with Crippen molar-refractivity contribution in [2.45, 2.75) is 45.4 Å². The van der Waals surface area contributed by atoms with Crippen LogP contribution in [0, 0.1) is 0 Å². The predicted octanol–water partition coefficient (Wildman–Crippen LogP) is 6.32. The smallest absolute Gasteiger partial charge is 0.328 e. The summed E-state index contributed by atoms with van der Waals surface area (Å²) in [5.41, 5.74) is 0. The number of hydrogen-bond donors (Lipinski definition) is 1. The van der Waals surface area contributed by atoms with Crippen LogP contribution in [0.15, 0.2) is 85.1 Å². The highest BCUT2D eigenvalue weighted by Crippen LogP contribution is 2.05. The van der Waals surface area contributed by atoms with E-state index in [1.165, 1.54) is 38.2 Å². The zero-order valence-corrected chi connectivity index (χ0v) is 14.7. The van der Waals surface area contributed by atoms with E-state index < -0.39 is 5.97 Å². The van der Waals surface area contributed by atoms with Crippen molar-refractivity contribution in [2.24, 2.45) is 0 Å². The van der Waals surface area contributed by atoms with Crippen LogP contribution in [0.3, 0.4) is 0 Å². The number of hydrogen-bond acceptors (Lipinski definition) is 1. The minimum absolute atomic E-state index is 0.941. The molecule has 0 heterocycles. The van der Waals surface area contributed by atoms with Gasteiger partial charge in [0.1, 0.15) is 0 Å². The van der Waals surface area contributed by atoms with E-state index in [4.69, 9.17) is 5.11 Å². The number of carboxylic acids is 1. The Morgan fingerprint density at radius 2 is 1.12 bits per heavy atom. The first kappa shape index (κ1) is 21.6. The molecule has 130 valence electrons. The summed E-state index contributed by atoms with van der Waals surface area (Å²) in [5, 5.41) is 8.39. The van der Waals surface area contributed by atoms with Crippen molar-refractivity contribution in [3.63, 3.8) is 0 Å². The molecule has 0 aromatic rings. The first-order valence-electron chi connectivity index (χ1n) is 8.67. The summed E-state index contributed by atoms with van der Waals surface area (Å²) in [7, 11) is 0. The average Bonchev–Trinajstić information content (AvgIpc) is 2.56. The van der Waals surface area contributed by atoms with Gasteiger partial charge in [-0.1, -0.05) is 112 Å². The van der Waals surface area contributed by atoms with Crippen molar-refractivity contribution < 1.29 is 9.90 Å². The topological polar surface area (TPSA) is 37.3 Å². The standard InChI is InChI=1S/C22H30O2/c1-2-3-4-5-6-7-8-9-10-11-12-13-14-15-16-17-18-19-20-21-22(23)24/h8-21H,2-7H2,1H3,(H,23,24)/b9-8+,11-10+,13-12+,15-14+,17-16+,19-18+,21-20+. The lowest BCUT2D eigenvalue weighted by atomic mass is 10.1. The van der Waals surface area contributed by atoms with Crippen molar-refractivity contribution in [2.75, 3.05) is 0 Å². The maximum Gasteiger partial charge on any atom is 0.328 e. The number of carboxylic acid groups (broad SMARTS) is 1. The first-order valence-corrected chi connectivity index (χ1v) is 8.67. The van der Waals surface area contributed by atoms with Crippen molar-refractivity contribution in [3.05, 3.63) is 85.1 Å². The molecular weight excluding hydrogens is 296 g/mol. The summed E-state index contributed by atoms with van der Waals surface area (Å²) in [4.78, 5) is 10.2. The molecule has 0 aliphatic carbocycles. The summed E-state index contributed by atoms with van der Waals surface area (Å²) in [6, 6.07) is 0. The van der Waals surface area contributed by atoms with Crippen molar-refractivity contribution in [1.82, 2.24) is 0 Å². The molecule has 2 heteroatoms. The molecule has 0 fully saturated rings. The minimum Gasteiger partial charge on any atom is -0.478 e. The van der Waals surface area contributed by atoms with E-state index in [0.29, 0.717) is 0 Å². The van der Waals surface area contributed by atoms with Crippen LogP contribution in [0.4, 0.5) is 0 Å². The number of carbonyl (C=O) groups is 1. The molecule has 2 nitrogen and oxygen atoms in total. The second kappa shape index (κ2) is 18.7. The van der Waals surface area contributed by atoms with Crippen LogP contribution in [-0.2, 0) is 4.79 Å². The normalized spacial score (nSPS) is 13.4. The van der Waals surface area contributed by atoms with Crippen LogP contribution in [0.25, 0.3) is 0 Å². The fourth-order valence-corrected chi connectivity index (χ4v) is 1.82. The van der Waals surface area contributed by atoms with Crippen molar-refractivity contribution >= 4 is 5.97 Å². The average molecular weight is 326 g/mol. The van der Waals surface area contributed by atoms with Gasteiger partial charge in [-0.3, -0.25) is 0 Å². The quantitative estimate of drug-likeness (QED) is 0.244. The lowest BCUT2D eigenvalue weighted by Crippen LogP contribution is -1.84. The minimum atomic E-state index is -0.941. The molecule has 0 saturated carbocycles. The van der Waals surface area contributed by atoms with Crippen LogP contribution in [0.5, 0.6) is 0 Å². The monoisotopic (exact) mass is 326 g/mol. The summed E-state index contributed by atoms with van der Waals surface area (Å²) in [5.74, 6) is -0.941. The Balaban J connectivity index is 3.70. The summed E-state index contributed by atoms with van der Waals surface area (Å²) < 4.78 is 0. The highest BCUT2D eigenvalue weighted by molar-refractivity contribution is 5.80. The van der Waals surface area contributed by atoms with Gasteiger partial charge in [-0.15, -0.1) is 0 Å². The lowest BCUT2D eigenvalue weighted by Gasteiger charge is -1.95. The molecule has 0 unspecified atom stereocenters. The van der Waals surface area contributed by atoms with Gasteiger partial charge in [0, 0.05) is 6.08 Å². The molecule has 0 aliphatic rings. The maximum absolute atomic E-state index is 10.2. The molecule has 0 radical (unpaired) electrons. The Morgan fingerprint density at radius 1 is 0.667 bits per heavy atom. The zero-order chi connectivity index (χ0) is 17.7. The van der Waals surface area contributed by atoms with Gasteiger partial charge in [0.15, 0.2) is 0 Å². The van der Waals surface area contributed by atoms with E-state index in [1.807, 2.05) is 48.6 Å². The Labute approximate surface area is 147 Å². The first-order chi connectivity index (χ1) is 11.8. The fraction of sp³-hybridized carbons (Fsp3) is 0.318. The summed E-state index contributed by atoms with van der Waals surface area (Å²) in [6.45, 7) is 2.24. The van der Waals surface area contributed by atoms with Crippen LogP contribution in [-0.4, -0.2) is 11.1 Å². The Morgan fingerprint density at radius 3 is 1.62 bits per heavy atom. The molecule has 0 rings (SSSR count). The molecule has 0 amide bonds. The summed E-state index contributed by atoms with van der Waals surface area (Å²) in [6.07, 6.45) is 33.8. The largest absolute Gasteiger partial charge is 0.478 e. The molecule has 0 aromatic heterocycles. The third-order valence-corrected chi connectivity index (χ3v) is 3.07. The second-order valence-corrected chi connectivity index (χ2v) is 5.25. The van der Waals surface area contributed by atoms with Gasteiger partial charge in [-0.25, -0.2) is 4.79 Å². The van der Waals surface area contributed by atoms with E-state index in [2.05, 4.69) is 19.1 Å². The number of allylic oxidation sites excluding steroid dienone is 13. The van der Waals surface area contributed by atoms with E-state index in [9.17, 15) is 4.79 Å². The number of aliphatic carboxylic acids is 1. The second-order valence-electron chi connectivity index (χ2n) is 5.25. The maximum atomic E-state index is 10.2. The van der Waals surface area contributed by atoms with Gasteiger partial charge in [-0.2, -0.15) is 0 Å². The van der Waals surface area contributed by atoms with Gasteiger partial charge in [-0.05, 0) is 12.8 Å². The van der Waals surface area contributed by atoms with Gasteiger partial charge in [0.05, 0.1) is 0 Å². The van der Waals surface area contributed by atoms with Gasteiger partial charge < -0.3 is 5.11 Å². The van der Waals surface area contributed by atoms with E-state index in [-0.39, 0.29) is 0 Å². The fourth-order valence-electron chi connectivity index (χ4n) is 1.82. The molecule has 0 aromatic carbocycles. The van der Waals surface area contributed by atoms with Crippen molar-refractivity contribution in [1.29, 1.82) is 0 Å². The summed E-state index contributed by atoms with van der Waals surface area (Å²) >= 11 is 0. The van der Waals surface area contributed by atoms with Crippen LogP contribution >= 0.6 is 0 Å². The third-order valence-electron chi connectivity index (χ3n) is 3.07. The highest BCUT2D eigenvalue weighted by Gasteiger charge is 1.85. The molecule has 0 atom stereocenters. The van der Waals surface area contributed by atoms with E-state index >= 15 is 0 Å². The predicted molar refractivity (Wildman–Crippen MR) is 105 cm³/mol. The Hall–Kier alpha value is -2.35. The third kappa shape index (κ3) is 19.7. The van der Waals surface area contributed by atoms with Gasteiger partial charge in [0.25, 0.3) is 0 Å². The molecule has 24 heavy (non-hydrogen) atoms. The SMILES string of the molecule is CCCCCCC/C=C/C=C/C=C/C=C/C=C/C=C/C=C/C(=O)O. The van der Waals surface area contributed by atoms with Gasteiger partial charge in [0.2, 0.25) is 0 Å². The van der Waals surface area contributed by atoms with Gasteiger partial charge >= 0.3 is 5.97 Å². The molecule has 0 spiro atoms. The van der Waals surface area contributed by atoms with Crippen LogP contribution in [0.2, 0.25) is 0 Å². The molecule has 0 bridgehead atoms. The lowest BCUT2D eigenvalue weighted by molar-refractivity contribution is -0.131. The van der Waals surface area contributed by atoms with Crippen LogP contribution in [0.1, 0.15) is 45.4 Å². The molecule has 1 N–H and O–H groups in total. The van der Waals surface area contributed by atoms with Crippen molar-refractivity contribution in [3.8, 4) is 0 Å². The van der Waals surface area contributed by atoms with E-state index in [1.54, 1.807) is 12.2 Å². The highest BCUT2D eigenvalue weighted by atomic mass is 16.4. The Kier molecular flexibility index (Phi) is 16.9. The van der Waals surface area contributed by atoms with E-state index in [0.717, 1.165) is 12.5 Å². The number of unbranched alkanes of at least 4 members (excludes halogenated alkanes) is 5. The Bertz CT molecular complexity index is 500.